The molecule has 0 spiro atoms. The van der Waals surface area contributed by atoms with Crippen molar-refractivity contribution in [3.8, 4) is 0 Å². The lowest BCUT2D eigenvalue weighted by atomic mass is 10.0. The minimum absolute atomic E-state index is 0.155. The second-order valence-electron chi connectivity index (χ2n) is 4.80. The number of benzene rings is 1. The van der Waals surface area contributed by atoms with Crippen molar-refractivity contribution in [3.63, 3.8) is 0 Å². The van der Waals surface area contributed by atoms with E-state index in [1.807, 2.05) is 19.2 Å². The standard InChI is InChI=1S/C14H15NO2S/c1-15-13(9-6-10(9)14(16)17)11-7-18-12-5-3-2-4-8(11)12/h2-5,7,9-10,13,15H,6H2,1H3,(H,16,17). The highest BCUT2D eigenvalue weighted by Gasteiger charge is 2.48. The molecule has 2 aromatic rings. The highest BCUT2D eigenvalue weighted by molar-refractivity contribution is 7.17. The molecule has 3 rings (SSSR count). The second kappa shape index (κ2) is 4.37. The molecule has 3 unspecified atom stereocenters. The molecule has 1 aliphatic rings. The van der Waals surface area contributed by atoms with Gasteiger partial charge in [0.15, 0.2) is 0 Å². The average Bonchev–Trinajstić information content (AvgIpc) is 3.05. The molecule has 1 fully saturated rings. The number of rotatable bonds is 4. The van der Waals surface area contributed by atoms with Gasteiger partial charge < -0.3 is 10.4 Å². The first-order valence-electron chi connectivity index (χ1n) is 6.08. The number of carboxylic acid groups (broad SMARTS) is 1. The molecule has 0 bridgehead atoms. The number of carboxylic acids is 1. The molecule has 1 heterocycles. The van der Waals surface area contributed by atoms with Crippen molar-refractivity contribution in [3.05, 3.63) is 35.2 Å². The molecule has 0 radical (unpaired) electrons. The zero-order valence-corrected chi connectivity index (χ0v) is 10.9. The van der Waals surface area contributed by atoms with Crippen molar-refractivity contribution < 1.29 is 9.90 Å². The fourth-order valence-corrected chi connectivity index (χ4v) is 3.70. The van der Waals surface area contributed by atoms with Gasteiger partial charge in [-0.25, -0.2) is 0 Å². The number of hydrogen-bond acceptors (Lipinski definition) is 3. The maximum absolute atomic E-state index is 11.0. The number of fused-ring (bicyclic) bond motifs is 1. The zero-order valence-electron chi connectivity index (χ0n) is 10.1. The molecule has 0 saturated heterocycles. The van der Waals surface area contributed by atoms with Crippen LogP contribution in [-0.4, -0.2) is 18.1 Å². The third kappa shape index (κ3) is 1.82. The first kappa shape index (κ1) is 11.7. The first-order chi connectivity index (χ1) is 8.72. The van der Waals surface area contributed by atoms with Crippen LogP contribution in [0.15, 0.2) is 29.6 Å². The van der Waals surface area contributed by atoms with Gasteiger partial charge in [-0.15, -0.1) is 11.3 Å². The van der Waals surface area contributed by atoms with E-state index >= 15 is 0 Å². The van der Waals surface area contributed by atoms with Gasteiger partial charge in [0, 0.05) is 10.7 Å². The lowest BCUT2D eigenvalue weighted by Gasteiger charge is -2.15. The van der Waals surface area contributed by atoms with Crippen molar-refractivity contribution >= 4 is 27.4 Å². The lowest BCUT2D eigenvalue weighted by molar-refractivity contribution is -0.138. The third-order valence-electron chi connectivity index (χ3n) is 3.74. The van der Waals surface area contributed by atoms with Crippen LogP contribution < -0.4 is 5.32 Å². The van der Waals surface area contributed by atoms with Crippen molar-refractivity contribution in [1.29, 1.82) is 0 Å². The van der Waals surface area contributed by atoms with Gasteiger partial charge in [0.1, 0.15) is 0 Å². The average molecular weight is 261 g/mol. The summed E-state index contributed by atoms with van der Waals surface area (Å²) in [5.74, 6) is -0.619. The van der Waals surface area contributed by atoms with Crippen molar-refractivity contribution in [1.82, 2.24) is 5.32 Å². The van der Waals surface area contributed by atoms with E-state index in [1.54, 1.807) is 11.3 Å². The summed E-state index contributed by atoms with van der Waals surface area (Å²) >= 11 is 1.73. The van der Waals surface area contributed by atoms with Gasteiger partial charge in [-0.1, -0.05) is 18.2 Å². The maximum Gasteiger partial charge on any atom is 0.306 e. The molecule has 0 aliphatic heterocycles. The van der Waals surface area contributed by atoms with E-state index in [4.69, 9.17) is 5.11 Å². The van der Waals surface area contributed by atoms with Crippen molar-refractivity contribution in [2.75, 3.05) is 7.05 Å². The SMILES string of the molecule is CNC(c1csc2ccccc12)C1CC1C(=O)O. The first-order valence-corrected chi connectivity index (χ1v) is 6.96. The summed E-state index contributed by atoms with van der Waals surface area (Å²) in [6, 6.07) is 8.45. The van der Waals surface area contributed by atoms with Gasteiger partial charge in [0.25, 0.3) is 0 Å². The monoisotopic (exact) mass is 261 g/mol. The fourth-order valence-electron chi connectivity index (χ4n) is 2.71. The Labute approximate surface area is 109 Å². The summed E-state index contributed by atoms with van der Waals surface area (Å²) < 4.78 is 1.26. The molecule has 18 heavy (non-hydrogen) atoms. The second-order valence-corrected chi connectivity index (χ2v) is 5.71. The molecule has 94 valence electrons. The molecular weight excluding hydrogens is 246 g/mol. The minimum atomic E-state index is -0.667. The Bertz CT molecular complexity index is 592. The molecule has 2 N–H and O–H groups in total. The van der Waals surface area contributed by atoms with Gasteiger partial charge in [0.2, 0.25) is 0 Å². The van der Waals surface area contributed by atoms with E-state index in [9.17, 15) is 4.79 Å². The zero-order chi connectivity index (χ0) is 12.7. The topological polar surface area (TPSA) is 49.3 Å². The van der Waals surface area contributed by atoms with Crippen LogP contribution in [0.1, 0.15) is 18.0 Å². The number of hydrogen-bond donors (Lipinski definition) is 2. The Morgan fingerprint density at radius 2 is 2.28 bits per heavy atom. The largest absolute Gasteiger partial charge is 0.481 e. The quantitative estimate of drug-likeness (QED) is 0.889. The summed E-state index contributed by atoms with van der Waals surface area (Å²) in [4.78, 5) is 11.0. The minimum Gasteiger partial charge on any atom is -0.481 e. The Balaban J connectivity index is 1.95. The van der Waals surface area contributed by atoms with Gasteiger partial charge in [-0.05, 0) is 41.8 Å². The summed E-state index contributed by atoms with van der Waals surface area (Å²) in [5, 5.41) is 15.7. The lowest BCUT2D eigenvalue weighted by Crippen LogP contribution is -2.20. The molecule has 1 aromatic heterocycles. The van der Waals surface area contributed by atoms with E-state index in [0.717, 1.165) is 6.42 Å². The molecule has 1 aliphatic carbocycles. The molecule has 1 saturated carbocycles. The normalized spacial score (nSPS) is 24.1. The van der Waals surface area contributed by atoms with Gasteiger partial charge >= 0.3 is 5.97 Å². The summed E-state index contributed by atoms with van der Waals surface area (Å²) in [5.41, 5.74) is 1.24. The predicted octanol–water partition coefficient (Wildman–Crippen LogP) is 2.88. The van der Waals surface area contributed by atoms with Crippen molar-refractivity contribution in [2.24, 2.45) is 11.8 Å². The van der Waals surface area contributed by atoms with E-state index in [-0.39, 0.29) is 17.9 Å². The van der Waals surface area contributed by atoms with Crippen LogP contribution in [-0.2, 0) is 4.79 Å². The van der Waals surface area contributed by atoms with Crippen LogP contribution in [0.3, 0.4) is 0 Å². The van der Waals surface area contributed by atoms with Crippen LogP contribution in [0.2, 0.25) is 0 Å². The van der Waals surface area contributed by atoms with Crippen LogP contribution in [0.4, 0.5) is 0 Å². The van der Waals surface area contributed by atoms with E-state index in [2.05, 4.69) is 22.8 Å². The van der Waals surface area contributed by atoms with Gasteiger partial charge in [0.05, 0.1) is 5.92 Å². The van der Waals surface area contributed by atoms with E-state index in [0.29, 0.717) is 0 Å². The van der Waals surface area contributed by atoms with Crippen LogP contribution >= 0.6 is 11.3 Å². The Hall–Kier alpha value is -1.39. The Morgan fingerprint density at radius 3 is 2.94 bits per heavy atom. The third-order valence-corrected chi connectivity index (χ3v) is 4.72. The number of aliphatic carboxylic acids is 1. The number of nitrogens with one attached hydrogen (secondary N) is 1. The summed E-state index contributed by atoms with van der Waals surface area (Å²) in [7, 11) is 1.91. The number of carbonyl (C=O) groups is 1. The van der Waals surface area contributed by atoms with Gasteiger partial charge in [-0.3, -0.25) is 4.79 Å². The highest BCUT2D eigenvalue weighted by Crippen LogP contribution is 2.49. The smallest absolute Gasteiger partial charge is 0.306 e. The Kier molecular flexibility index (Phi) is 2.84. The van der Waals surface area contributed by atoms with Crippen LogP contribution in [0, 0.1) is 11.8 Å². The van der Waals surface area contributed by atoms with Crippen molar-refractivity contribution in [2.45, 2.75) is 12.5 Å². The molecular formula is C14H15NO2S. The molecule has 0 amide bonds. The maximum atomic E-state index is 11.0. The van der Waals surface area contributed by atoms with E-state index < -0.39 is 5.97 Å². The molecule has 1 aromatic carbocycles. The highest BCUT2D eigenvalue weighted by atomic mass is 32.1. The molecule has 3 atom stereocenters. The molecule has 4 heteroatoms. The van der Waals surface area contributed by atoms with E-state index in [1.165, 1.54) is 15.6 Å². The van der Waals surface area contributed by atoms with Crippen LogP contribution in [0.5, 0.6) is 0 Å². The molecule has 3 nitrogen and oxygen atoms in total. The summed E-state index contributed by atoms with van der Waals surface area (Å²) in [6.45, 7) is 0. The fraction of sp³-hybridized carbons (Fsp3) is 0.357. The predicted molar refractivity (Wildman–Crippen MR) is 72.9 cm³/mol. The summed E-state index contributed by atoms with van der Waals surface area (Å²) in [6.07, 6.45) is 0.783. The number of thiophene rings is 1. The Morgan fingerprint density at radius 1 is 1.50 bits per heavy atom. The van der Waals surface area contributed by atoms with Crippen LogP contribution in [0.25, 0.3) is 10.1 Å². The van der Waals surface area contributed by atoms with Gasteiger partial charge in [-0.2, -0.15) is 0 Å².